The van der Waals surface area contributed by atoms with Gasteiger partial charge in [0.1, 0.15) is 0 Å². The summed E-state index contributed by atoms with van der Waals surface area (Å²) >= 11 is 7.83. The van der Waals surface area contributed by atoms with Gasteiger partial charge in [0.15, 0.2) is 0 Å². The van der Waals surface area contributed by atoms with E-state index in [0.717, 1.165) is 26.4 Å². The van der Waals surface area contributed by atoms with Crippen LogP contribution in [0.1, 0.15) is 0 Å². The van der Waals surface area contributed by atoms with Gasteiger partial charge in [0, 0.05) is 8.95 Å². The Hall–Kier alpha value is -0.930. The number of carboxylic acids is 1. The Bertz CT molecular complexity index is 590. The van der Waals surface area contributed by atoms with Crippen molar-refractivity contribution in [1.82, 2.24) is 20.2 Å². The number of thioether (sulfide) groups is 1. The van der Waals surface area contributed by atoms with Crippen molar-refractivity contribution in [2.24, 2.45) is 0 Å². The molecule has 1 heterocycles. The van der Waals surface area contributed by atoms with Crippen molar-refractivity contribution in [3.8, 4) is 5.69 Å². The number of aromatic nitrogens is 4. The summed E-state index contributed by atoms with van der Waals surface area (Å²) in [6.45, 7) is 0. The first kappa shape index (κ1) is 13.5. The predicted octanol–water partition coefficient (Wildman–Crippen LogP) is 2.36. The van der Waals surface area contributed by atoms with E-state index in [1.807, 2.05) is 18.2 Å². The summed E-state index contributed by atoms with van der Waals surface area (Å²) in [6.07, 6.45) is 0. The molecule has 0 aliphatic carbocycles. The molecule has 2 aromatic rings. The molecular weight excluding hydrogens is 388 g/mol. The first-order valence-corrected chi connectivity index (χ1v) is 7.23. The first-order chi connectivity index (χ1) is 8.58. The molecule has 6 nitrogen and oxygen atoms in total. The molecule has 0 fully saturated rings. The topological polar surface area (TPSA) is 80.9 Å². The highest BCUT2D eigenvalue weighted by atomic mass is 79.9. The quantitative estimate of drug-likeness (QED) is 0.803. The van der Waals surface area contributed by atoms with Crippen LogP contribution in [-0.2, 0) is 4.79 Å². The van der Waals surface area contributed by atoms with Gasteiger partial charge < -0.3 is 5.11 Å². The number of hydrogen-bond donors (Lipinski definition) is 1. The summed E-state index contributed by atoms with van der Waals surface area (Å²) < 4.78 is 3.22. The summed E-state index contributed by atoms with van der Waals surface area (Å²) in [4.78, 5) is 10.5. The lowest BCUT2D eigenvalue weighted by molar-refractivity contribution is -0.133. The average molecular weight is 394 g/mol. The SMILES string of the molecule is O=C(O)CSc1nnnn1-c1ccc(Br)cc1Br. The highest BCUT2D eigenvalue weighted by molar-refractivity contribution is 9.11. The number of carboxylic acid groups (broad SMARTS) is 1. The Morgan fingerprint density at radius 1 is 1.44 bits per heavy atom. The molecule has 9 heteroatoms. The summed E-state index contributed by atoms with van der Waals surface area (Å²) in [7, 11) is 0. The molecule has 0 aliphatic heterocycles. The molecular formula is C9H6Br2N4O2S. The van der Waals surface area contributed by atoms with E-state index in [1.165, 1.54) is 4.68 Å². The van der Waals surface area contributed by atoms with Crippen LogP contribution in [-0.4, -0.2) is 37.0 Å². The van der Waals surface area contributed by atoms with Gasteiger partial charge in [-0.2, -0.15) is 4.68 Å². The number of nitrogens with zero attached hydrogens (tertiary/aromatic N) is 4. The third-order valence-corrected chi connectivity index (χ3v) is 3.94. The van der Waals surface area contributed by atoms with E-state index in [2.05, 4.69) is 47.4 Å². The minimum atomic E-state index is -0.913. The molecule has 0 aliphatic rings. The highest BCUT2D eigenvalue weighted by Crippen LogP contribution is 2.27. The summed E-state index contributed by atoms with van der Waals surface area (Å²) in [5, 5.41) is 20.3. The zero-order valence-electron chi connectivity index (χ0n) is 8.75. The maximum Gasteiger partial charge on any atom is 0.313 e. The van der Waals surface area contributed by atoms with Crippen molar-refractivity contribution in [3.05, 3.63) is 27.1 Å². The van der Waals surface area contributed by atoms with Crippen molar-refractivity contribution < 1.29 is 9.90 Å². The average Bonchev–Trinajstić information content (AvgIpc) is 2.74. The molecule has 2 rings (SSSR count). The molecule has 0 radical (unpaired) electrons. The van der Waals surface area contributed by atoms with Crippen molar-refractivity contribution in [2.45, 2.75) is 5.16 Å². The van der Waals surface area contributed by atoms with Crippen molar-refractivity contribution in [3.63, 3.8) is 0 Å². The highest BCUT2D eigenvalue weighted by Gasteiger charge is 2.13. The molecule has 1 aromatic carbocycles. The number of benzene rings is 1. The van der Waals surface area contributed by atoms with Crippen molar-refractivity contribution >= 4 is 49.6 Å². The van der Waals surface area contributed by atoms with Gasteiger partial charge in [-0.3, -0.25) is 4.79 Å². The molecule has 1 N–H and O–H groups in total. The zero-order chi connectivity index (χ0) is 13.1. The number of aliphatic carboxylic acids is 1. The van der Waals surface area contributed by atoms with Crippen LogP contribution in [0.15, 0.2) is 32.3 Å². The molecule has 0 amide bonds. The van der Waals surface area contributed by atoms with Gasteiger partial charge in [0.25, 0.3) is 0 Å². The molecule has 0 atom stereocenters. The lowest BCUT2D eigenvalue weighted by Crippen LogP contribution is -2.03. The lowest BCUT2D eigenvalue weighted by atomic mass is 10.3. The van der Waals surface area contributed by atoms with E-state index in [4.69, 9.17) is 5.11 Å². The van der Waals surface area contributed by atoms with Crippen LogP contribution in [0.3, 0.4) is 0 Å². The number of halogens is 2. The third kappa shape index (κ3) is 3.09. The largest absolute Gasteiger partial charge is 0.481 e. The molecule has 0 saturated heterocycles. The Morgan fingerprint density at radius 2 is 2.22 bits per heavy atom. The molecule has 0 spiro atoms. The van der Waals surface area contributed by atoms with Crippen LogP contribution in [0, 0.1) is 0 Å². The zero-order valence-corrected chi connectivity index (χ0v) is 12.7. The predicted molar refractivity (Wildman–Crippen MR) is 72.9 cm³/mol. The van der Waals surface area contributed by atoms with Gasteiger partial charge >= 0.3 is 5.97 Å². The fourth-order valence-electron chi connectivity index (χ4n) is 1.20. The van der Waals surface area contributed by atoms with Gasteiger partial charge in [0.05, 0.1) is 11.4 Å². The molecule has 0 unspecified atom stereocenters. The Labute approximate surface area is 123 Å². The van der Waals surface area contributed by atoms with Crippen molar-refractivity contribution in [2.75, 3.05) is 5.75 Å². The second-order valence-corrected chi connectivity index (χ2v) is 5.86. The summed E-state index contributed by atoms with van der Waals surface area (Å²) in [6, 6.07) is 5.55. The second-order valence-electron chi connectivity index (χ2n) is 3.15. The number of tetrazole rings is 1. The molecule has 0 saturated carbocycles. The lowest BCUT2D eigenvalue weighted by Gasteiger charge is -2.05. The summed E-state index contributed by atoms with van der Waals surface area (Å²) in [5.74, 6) is -1.00. The van der Waals surface area contributed by atoms with Crippen LogP contribution >= 0.6 is 43.6 Å². The fraction of sp³-hybridized carbons (Fsp3) is 0.111. The standard InChI is InChI=1S/C9H6Br2N4O2S/c10-5-1-2-7(6(11)3-5)15-9(12-13-14-15)18-4-8(16)17/h1-3H,4H2,(H,16,17). The Morgan fingerprint density at radius 3 is 2.89 bits per heavy atom. The van der Waals surface area contributed by atoms with E-state index >= 15 is 0 Å². The molecule has 94 valence electrons. The molecule has 0 bridgehead atoms. The smallest absolute Gasteiger partial charge is 0.313 e. The number of hydrogen-bond acceptors (Lipinski definition) is 5. The van der Waals surface area contributed by atoms with Gasteiger partial charge in [-0.05, 0) is 44.6 Å². The Kier molecular flexibility index (Phi) is 4.36. The number of carbonyl (C=O) groups is 1. The second kappa shape index (κ2) is 5.81. The van der Waals surface area contributed by atoms with Crippen molar-refractivity contribution in [1.29, 1.82) is 0 Å². The van der Waals surface area contributed by atoms with Gasteiger partial charge in [-0.1, -0.05) is 27.7 Å². The van der Waals surface area contributed by atoms with E-state index in [-0.39, 0.29) is 5.75 Å². The normalized spacial score (nSPS) is 10.6. The number of rotatable bonds is 4. The maximum absolute atomic E-state index is 10.5. The Balaban J connectivity index is 2.33. The van der Waals surface area contributed by atoms with Crippen LogP contribution in [0.4, 0.5) is 0 Å². The fourth-order valence-corrected chi connectivity index (χ4v) is 3.02. The van der Waals surface area contributed by atoms with Gasteiger partial charge in [-0.25, -0.2) is 0 Å². The molecule has 1 aromatic heterocycles. The monoisotopic (exact) mass is 392 g/mol. The summed E-state index contributed by atoms with van der Waals surface area (Å²) in [5.41, 5.74) is 0.746. The van der Waals surface area contributed by atoms with E-state index < -0.39 is 5.97 Å². The van der Waals surface area contributed by atoms with Crippen LogP contribution in [0.2, 0.25) is 0 Å². The maximum atomic E-state index is 10.5. The van der Waals surface area contributed by atoms with Crippen LogP contribution in [0.25, 0.3) is 5.69 Å². The third-order valence-electron chi connectivity index (χ3n) is 1.90. The van der Waals surface area contributed by atoms with Crippen LogP contribution < -0.4 is 0 Å². The van der Waals surface area contributed by atoms with Gasteiger partial charge in [-0.15, -0.1) is 5.10 Å². The molecule has 18 heavy (non-hydrogen) atoms. The van der Waals surface area contributed by atoms with E-state index in [1.54, 1.807) is 0 Å². The minimum absolute atomic E-state index is 0.0888. The van der Waals surface area contributed by atoms with E-state index in [0.29, 0.717) is 5.16 Å². The van der Waals surface area contributed by atoms with E-state index in [9.17, 15) is 4.79 Å². The minimum Gasteiger partial charge on any atom is -0.481 e. The van der Waals surface area contributed by atoms with Gasteiger partial charge in [0.2, 0.25) is 5.16 Å². The van der Waals surface area contributed by atoms with Crippen LogP contribution in [0.5, 0.6) is 0 Å². The first-order valence-electron chi connectivity index (χ1n) is 4.66.